The fourth-order valence-corrected chi connectivity index (χ4v) is 4.84. The van der Waals surface area contributed by atoms with Gasteiger partial charge in [-0.15, -0.1) is 16.4 Å². The normalized spacial score (nSPS) is 15.8. The van der Waals surface area contributed by atoms with E-state index < -0.39 is 0 Å². The van der Waals surface area contributed by atoms with Crippen LogP contribution in [0.25, 0.3) is 0 Å². The Hall–Kier alpha value is -3.10. The second-order valence-electron chi connectivity index (χ2n) is 7.56. The highest BCUT2D eigenvalue weighted by molar-refractivity contribution is 7.09. The molecule has 1 aliphatic heterocycles. The van der Waals surface area contributed by atoms with Crippen molar-refractivity contribution in [3.05, 3.63) is 94.2 Å². The lowest BCUT2D eigenvalue weighted by Crippen LogP contribution is -2.48. The van der Waals surface area contributed by atoms with Crippen LogP contribution in [-0.4, -0.2) is 51.3 Å². The monoisotopic (exact) mass is 434 g/mol. The van der Waals surface area contributed by atoms with Gasteiger partial charge in [-0.1, -0.05) is 48.5 Å². The maximum atomic E-state index is 14.3. The largest absolute Gasteiger partial charge is 0.367 e. The van der Waals surface area contributed by atoms with Crippen LogP contribution in [0.3, 0.4) is 0 Å². The Morgan fingerprint density at radius 3 is 2.42 bits per heavy atom. The standard InChI is InChI=1S/C23H23FN6S/c24-20-10-4-5-11-21(20)28-12-14-29(15-13-28)22(18-7-2-1-3-8-18)23-25-26-27-30(23)17-19-9-6-16-31-19/h1-11,16,22H,12-15,17H2. The van der Waals surface area contributed by atoms with Crippen molar-refractivity contribution < 1.29 is 4.39 Å². The third kappa shape index (κ3) is 4.22. The fourth-order valence-electron chi connectivity index (χ4n) is 4.16. The van der Waals surface area contributed by atoms with E-state index >= 15 is 0 Å². The smallest absolute Gasteiger partial charge is 0.173 e. The van der Waals surface area contributed by atoms with E-state index in [9.17, 15) is 4.39 Å². The summed E-state index contributed by atoms with van der Waals surface area (Å²) < 4.78 is 16.2. The van der Waals surface area contributed by atoms with Crippen molar-refractivity contribution in [1.29, 1.82) is 0 Å². The third-order valence-corrected chi connectivity index (χ3v) is 6.54. The summed E-state index contributed by atoms with van der Waals surface area (Å²) in [4.78, 5) is 5.72. The van der Waals surface area contributed by atoms with Crippen molar-refractivity contribution in [1.82, 2.24) is 25.1 Å². The number of halogens is 1. The summed E-state index contributed by atoms with van der Waals surface area (Å²) in [6.45, 7) is 3.73. The Bertz CT molecular complexity index is 1110. The first-order chi connectivity index (χ1) is 15.3. The molecular formula is C23H23FN6S. The SMILES string of the molecule is Fc1ccccc1N1CCN(C(c2ccccc2)c2nnnn2Cc2cccs2)CC1. The van der Waals surface area contributed by atoms with E-state index in [4.69, 9.17) is 0 Å². The molecule has 158 valence electrons. The predicted molar refractivity (Wildman–Crippen MR) is 120 cm³/mol. The minimum atomic E-state index is -0.171. The Kier molecular flexibility index (Phi) is 5.73. The predicted octanol–water partition coefficient (Wildman–Crippen LogP) is 3.83. The zero-order chi connectivity index (χ0) is 21.0. The second kappa shape index (κ2) is 8.95. The molecule has 2 aromatic carbocycles. The van der Waals surface area contributed by atoms with Crippen LogP contribution in [0.2, 0.25) is 0 Å². The van der Waals surface area contributed by atoms with Crippen molar-refractivity contribution in [2.75, 3.05) is 31.1 Å². The summed E-state index contributed by atoms with van der Waals surface area (Å²) in [5.74, 6) is 0.661. The van der Waals surface area contributed by atoms with Gasteiger partial charge in [0.1, 0.15) is 5.82 Å². The van der Waals surface area contributed by atoms with Crippen LogP contribution < -0.4 is 4.90 Å². The minimum Gasteiger partial charge on any atom is -0.367 e. The first kappa shape index (κ1) is 19.8. The first-order valence-electron chi connectivity index (χ1n) is 10.4. The molecule has 0 radical (unpaired) electrons. The highest BCUT2D eigenvalue weighted by Gasteiger charge is 2.31. The van der Waals surface area contributed by atoms with Gasteiger partial charge in [-0.3, -0.25) is 4.90 Å². The van der Waals surface area contributed by atoms with E-state index in [1.54, 1.807) is 17.4 Å². The lowest BCUT2D eigenvalue weighted by Gasteiger charge is -2.40. The number of aromatic nitrogens is 4. The number of thiophene rings is 1. The number of benzene rings is 2. The highest BCUT2D eigenvalue weighted by Crippen LogP contribution is 2.30. The van der Waals surface area contributed by atoms with Crippen LogP contribution in [0.4, 0.5) is 10.1 Å². The van der Waals surface area contributed by atoms with Gasteiger partial charge >= 0.3 is 0 Å². The van der Waals surface area contributed by atoms with Crippen LogP contribution in [0.5, 0.6) is 0 Å². The van der Waals surface area contributed by atoms with E-state index in [2.05, 4.69) is 48.9 Å². The van der Waals surface area contributed by atoms with Gasteiger partial charge in [-0.25, -0.2) is 9.07 Å². The Morgan fingerprint density at radius 2 is 1.68 bits per heavy atom. The first-order valence-corrected chi connectivity index (χ1v) is 11.2. The van der Waals surface area contributed by atoms with E-state index in [1.807, 2.05) is 41.1 Å². The van der Waals surface area contributed by atoms with Crippen LogP contribution in [-0.2, 0) is 6.54 Å². The fraction of sp³-hybridized carbons (Fsp3) is 0.261. The average Bonchev–Trinajstić information content (AvgIpc) is 3.49. The molecule has 2 aromatic heterocycles. The van der Waals surface area contributed by atoms with Gasteiger partial charge < -0.3 is 4.90 Å². The molecule has 0 bridgehead atoms. The number of para-hydroxylation sites is 1. The van der Waals surface area contributed by atoms with E-state index in [-0.39, 0.29) is 11.9 Å². The molecule has 5 rings (SSSR count). The van der Waals surface area contributed by atoms with Crippen molar-refractivity contribution in [2.24, 2.45) is 0 Å². The quantitative estimate of drug-likeness (QED) is 0.462. The topological polar surface area (TPSA) is 50.1 Å². The van der Waals surface area contributed by atoms with Gasteiger partial charge in [0.25, 0.3) is 0 Å². The molecule has 3 heterocycles. The number of hydrogen-bond donors (Lipinski definition) is 0. The molecule has 0 amide bonds. The van der Waals surface area contributed by atoms with E-state index in [1.165, 1.54) is 10.9 Å². The van der Waals surface area contributed by atoms with Crippen LogP contribution in [0.15, 0.2) is 72.1 Å². The van der Waals surface area contributed by atoms with Gasteiger partial charge in [0.15, 0.2) is 5.82 Å². The molecular weight excluding hydrogens is 411 g/mol. The summed E-state index contributed by atoms with van der Waals surface area (Å²) >= 11 is 1.70. The molecule has 0 N–H and O–H groups in total. The Labute approximate surface area is 184 Å². The molecule has 1 fully saturated rings. The maximum Gasteiger partial charge on any atom is 0.173 e. The van der Waals surface area contributed by atoms with Gasteiger partial charge in [0.2, 0.25) is 0 Å². The lowest BCUT2D eigenvalue weighted by molar-refractivity contribution is 0.201. The second-order valence-corrected chi connectivity index (χ2v) is 8.59. The summed E-state index contributed by atoms with van der Waals surface area (Å²) in [5, 5.41) is 14.8. The molecule has 1 unspecified atom stereocenters. The van der Waals surface area contributed by atoms with Gasteiger partial charge in [-0.05, 0) is 39.6 Å². The Morgan fingerprint density at radius 1 is 0.903 bits per heavy atom. The number of rotatable bonds is 6. The minimum absolute atomic E-state index is 0.0565. The molecule has 1 saturated heterocycles. The summed E-state index contributed by atoms with van der Waals surface area (Å²) in [5.41, 5.74) is 1.82. The number of nitrogens with zero attached hydrogens (tertiary/aromatic N) is 6. The molecule has 0 aliphatic carbocycles. The summed E-state index contributed by atoms with van der Waals surface area (Å²) in [6.07, 6.45) is 0. The maximum absolute atomic E-state index is 14.3. The average molecular weight is 435 g/mol. The molecule has 0 spiro atoms. The molecule has 31 heavy (non-hydrogen) atoms. The number of tetrazole rings is 1. The molecule has 4 aromatic rings. The van der Waals surface area contributed by atoms with Crippen LogP contribution in [0.1, 0.15) is 22.3 Å². The molecule has 1 atom stereocenters. The summed E-state index contributed by atoms with van der Waals surface area (Å²) in [6, 6.07) is 21.4. The van der Waals surface area contributed by atoms with Crippen LogP contribution in [0, 0.1) is 5.82 Å². The number of piperazine rings is 1. The lowest BCUT2D eigenvalue weighted by atomic mass is 10.0. The van der Waals surface area contributed by atoms with Crippen molar-refractivity contribution >= 4 is 17.0 Å². The van der Waals surface area contributed by atoms with E-state index in [0.29, 0.717) is 12.2 Å². The molecule has 0 saturated carbocycles. The molecule has 6 nitrogen and oxygen atoms in total. The summed E-state index contributed by atoms with van der Waals surface area (Å²) in [7, 11) is 0. The van der Waals surface area contributed by atoms with E-state index in [0.717, 1.165) is 37.6 Å². The molecule has 8 heteroatoms. The molecule has 1 aliphatic rings. The Balaban J connectivity index is 1.41. The highest BCUT2D eigenvalue weighted by atomic mass is 32.1. The zero-order valence-electron chi connectivity index (χ0n) is 17.0. The van der Waals surface area contributed by atoms with Gasteiger partial charge in [0, 0.05) is 31.1 Å². The van der Waals surface area contributed by atoms with Gasteiger partial charge in [0.05, 0.1) is 18.3 Å². The van der Waals surface area contributed by atoms with Gasteiger partial charge in [-0.2, -0.15) is 0 Å². The van der Waals surface area contributed by atoms with Crippen molar-refractivity contribution in [2.45, 2.75) is 12.6 Å². The zero-order valence-corrected chi connectivity index (χ0v) is 17.8. The van der Waals surface area contributed by atoms with Crippen LogP contribution >= 0.6 is 11.3 Å². The number of anilines is 1. The third-order valence-electron chi connectivity index (χ3n) is 5.68. The van der Waals surface area contributed by atoms with Crippen molar-refractivity contribution in [3.63, 3.8) is 0 Å². The van der Waals surface area contributed by atoms with Crippen molar-refractivity contribution in [3.8, 4) is 0 Å². The number of hydrogen-bond acceptors (Lipinski definition) is 6.